The Balaban J connectivity index is 1.31. The molecular formula is C38H32N2O. The van der Waals surface area contributed by atoms with Crippen molar-refractivity contribution in [2.75, 3.05) is 16.9 Å². The maximum Gasteiger partial charge on any atom is 0.119 e. The number of methoxy groups -OCH3 is 1. The van der Waals surface area contributed by atoms with Crippen LogP contribution in [-0.2, 0) is 0 Å². The summed E-state index contributed by atoms with van der Waals surface area (Å²) in [6.45, 7) is 2.13. The van der Waals surface area contributed by atoms with Crippen molar-refractivity contribution < 1.29 is 4.74 Å². The molecule has 3 heteroatoms. The maximum absolute atomic E-state index is 5.38. The molecule has 0 spiro atoms. The first-order chi connectivity index (χ1) is 20.2. The summed E-state index contributed by atoms with van der Waals surface area (Å²) < 4.78 is 5.38. The number of rotatable bonds is 8. The predicted molar refractivity (Wildman–Crippen MR) is 173 cm³/mol. The standard InChI is InChI=1S/C38H32N2O/c1-29-10-9-15-37(28-29)40(33-13-7-4-8-14-33)35-22-18-31(19-23-35)30-16-20-34(21-17-30)39(32-11-5-3-6-12-32)36-24-26-38(41-2)27-25-36/h3-28H,1-2H3. The highest BCUT2D eigenvalue weighted by atomic mass is 16.5. The predicted octanol–water partition coefficient (Wildman–Crippen LogP) is 10.6. The van der Waals surface area contributed by atoms with Gasteiger partial charge in [-0.25, -0.2) is 0 Å². The summed E-state index contributed by atoms with van der Waals surface area (Å²) in [6, 6.07) is 55.3. The largest absolute Gasteiger partial charge is 0.497 e. The van der Waals surface area contributed by atoms with Gasteiger partial charge in [0.1, 0.15) is 5.75 Å². The molecule has 6 aromatic carbocycles. The average Bonchev–Trinajstić information content (AvgIpc) is 3.04. The van der Waals surface area contributed by atoms with Crippen molar-refractivity contribution in [2.45, 2.75) is 6.92 Å². The molecule has 0 saturated heterocycles. The van der Waals surface area contributed by atoms with E-state index in [-0.39, 0.29) is 0 Å². The molecule has 3 nitrogen and oxygen atoms in total. The van der Waals surface area contributed by atoms with Gasteiger partial charge in [-0.2, -0.15) is 0 Å². The van der Waals surface area contributed by atoms with E-state index < -0.39 is 0 Å². The highest BCUT2D eigenvalue weighted by Crippen LogP contribution is 2.38. The number of para-hydroxylation sites is 2. The van der Waals surface area contributed by atoms with Crippen LogP contribution in [-0.4, -0.2) is 7.11 Å². The van der Waals surface area contributed by atoms with Gasteiger partial charge in [0, 0.05) is 34.1 Å². The zero-order chi connectivity index (χ0) is 28.0. The topological polar surface area (TPSA) is 15.7 Å². The first-order valence-corrected chi connectivity index (χ1v) is 13.8. The second-order valence-electron chi connectivity index (χ2n) is 9.97. The molecule has 0 heterocycles. The molecule has 0 atom stereocenters. The third kappa shape index (κ3) is 5.70. The van der Waals surface area contributed by atoms with Crippen LogP contribution >= 0.6 is 0 Å². The molecule has 6 rings (SSSR count). The number of aryl methyl sites for hydroxylation is 1. The van der Waals surface area contributed by atoms with Crippen LogP contribution in [0, 0.1) is 6.92 Å². The van der Waals surface area contributed by atoms with Gasteiger partial charge in [-0.05, 0) is 109 Å². The normalized spacial score (nSPS) is 10.7. The van der Waals surface area contributed by atoms with Crippen LogP contribution in [0.2, 0.25) is 0 Å². The number of nitrogens with zero attached hydrogens (tertiary/aromatic N) is 2. The molecular weight excluding hydrogens is 500 g/mol. The van der Waals surface area contributed by atoms with Gasteiger partial charge < -0.3 is 14.5 Å². The summed E-state index contributed by atoms with van der Waals surface area (Å²) in [5.74, 6) is 0.841. The molecule has 6 aromatic rings. The highest BCUT2D eigenvalue weighted by Gasteiger charge is 2.14. The van der Waals surface area contributed by atoms with Gasteiger partial charge >= 0.3 is 0 Å². The smallest absolute Gasteiger partial charge is 0.119 e. The minimum absolute atomic E-state index is 0.841. The molecule has 0 N–H and O–H groups in total. The van der Waals surface area contributed by atoms with Crippen molar-refractivity contribution in [3.05, 3.63) is 163 Å². The van der Waals surface area contributed by atoms with Gasteiger partial charge in [-0.1, -0.05) is 72.8 Å². The first-order valence-electron chi connectivity index (χ1n) is 13.8. The summed E-state index contributed by atoms with van der Waals surface area (Å²) in [4.78, 5) is 4.55. The van der Waals surface area contributed by atoms with Gasteiger partial charge in [0.15, 0.2) is 0 Å². The Morgan fingerprint density at radius 1 is 0.390 bits per heavy atom. The zero-order valence-corrected chi connectivity index (χ0v) is 23.3. The summed E-state index contributed by atoms with van der Waals surface area (Å²) in [7, 11) is 1.69. The van der Waals surface area contributed by atoms with Crippen LogP contribution in [0.25, 0.3) is 11.1 Å². The Labute approximate surface area is 242 Å². The van der Waals surface area contributed by atoms with Crippen molar-refractivity contribution in [3.8, 4) is 16.9 Å². The lowest BCUT2D eigenvalue weighted by atomic mass is 10.0. The Morgan fingerprint density at radius 2 is 0.780 bits per heavy atom. The Morgan fingerprint density at radius 3 is 1.22 bits per heavy atom. The molecule has 0 radical (unpaired) electrons. The Hall–Kier alpha value is -5.28. The second-order valence-corrected chi connectivity index (χ2v) is 9.97. The lowest BCUT2D eigenvalue weighted by Gasteiger charge is -2.26. The van der Waals surface area contributed by atoms with E-state index >= 15 is 0 Å². The molecule has 0 aliphatic rings. The third-order valence-electron chi connectivity index (χ3n) is 7.20. The molecule has 0 amide bonds. The number of ether oxygens (including phenoxy) is 1. The monoisotopic (exact) mass is 532 g/mol. The lowest BCUT2D eigenvalue weighted by Crippen LogP contribution is -2.10. The van der Waals surface area contributed by atoms with Crippen molar-refractivity contribution in [3.63, 3.8) is 0 Å². The number of hydrogen-bond acceptors (Lipinski definition) is 3. The zero-order valence-electron chi connectivity index (χ0n) is 23.3. The van der Waals surface area contributed by atoms with Crippen molar-refractivity contribution >= 4 is 34.1 Å². The number of hydrogen-bond donors (Lipinski definition) is 0. The van der Waals surface area contributed by atoms with Gasteiger partial charge in [0.05, 0.1) is 7.11 Å². The average molecular weight is 533 g/mol. The molecule has 0 fully saturated rings. The second kappa shape index (κ2) is 11.8. The van der Waals surface area contributed by atoms with E-state index in [9.17, 15) is 0 Å². The Bertz CT molecular complexity index is 1700. The Kier molecular flexibility index (Phi) is 7.51. The van der Waals surface area contributed by atoms with Gasteiger partial charge in [-0.15, -0.1) is 0 Å². The van der Waals surface area contributed by atoms with Crippen LogP contribution < -0.4 is 14.5 Å². The molecule has 200 valence electrons. The van der Waals surface area contributed by atoms with E-state index in [4.69, 9.17) is 4.74 Å². The van der Waals surface area contributed by atoms with Gasteiger partial charge in [0.25, 0.3) is 0 Å². The molecule has 0 aromatic heterocycles. The SMILES string of the molecule is COc1ccc(N(c2ccccc2)c2ccc(-c3ccc(N(c4ccccc4)c4cccc(C)c4)cc3)cc2)cc1. The van der Waals surface area contributed by atoms with Crippen molar-refractivity contribution in [1.29, 1.82) is 0 Å². The summed E-state index contributed by atoms with van der Waals surface area (Å²) in [6.07, 6.45) is 0. The van der Waals surface area contributed by atoms with Crippen LogP contribution in [0.3, 0.4) is 0 Å². The number of benzene rings is 6. The summed E-state index contributed by atoms with van der Waals surface area (Å²) in [5.41, 5.74) is 10.3. The van der Waals surface area contributed by atoms with E-state index in [0.29, 0.717) is 0 Å². The quantitative estimate of drug-likeness (QED) is 0.194. The minimum atomic E-state index is 0.841. The molecule has 0 saturated carbocycles. The first kappa shape index (κ1) is 26.0. The maximum atomic E-state index is 5.38. The van der Waals surface area contributed by atoms with Crippen LogP contribution in [0.5, 0.6) is 5.75 Å². The molecule has 41 heavy (non-hydrogen) atoms. The molecule has 0 aliphatic carbocycles. The van der Waals surface area contributed by atoms with Crippen LogP contribution in [0.4, 0.5) is 34.1 Å². The van der Waals surface area contributed by atoms with E-state index in [2.05, 4.69) is 156 Å². The van der Waals surface area contributed by atoms with E-state index in [0.717, 1.165) is 39.9 Å². The fourth-order valence-electron chi connectivity index (χ4n) is 5.15. The van der Waals surface area contributed by atoms with Crippen LogP contribution in [0.15, 0.2) is 158 Å². The fraction of sp³-hybridized carbons (Fsp3) is 0.0526. The van der Waals surface area contributed by atoms with E-state index in [1.54, 1.807) is 7.11 Å². The highest BCUT2D eigenvalue weighted by molar-refractivity contribution is 5.80. The molecule has 0 aliphatic heterocycles. The fourth-order valence-corrected chi connectivity index (χ4v) is 5.15. The van der Waals surface area contributed by atoms with Crippen molar-refractivity contribution in [2.24, 2.45) is 0 Å². The van der Waals surface area contributed by atoms with Crippen molar-refractivity contribution in [1.82, 2.24) is 0 Å². The van der Waals surface area contributed by atoms with E-state index in [1.807, 2.05) is 18.2 Å². The van der Waals surface area contributed by atoms with Gasteiger partial charge in [0.2, 0.25) is 0 Å². The number of anilines is 6. The van der Waals surface area contributed by atoms with Gasteiger partial charge in [-0.3, -0.25) is 0 Å². The summed E-state index contributed by atoms with van der Waals surface area (Å²) >= 11 is 0. The van der Waals surface area contributed by atoms with E-state index in [1.165, 1.54) is 16.7 Å². The summed E-state index contributed by atoms with van der Waals surface area (Å²) in [5, 5.41) is 0. The lowest BCUT2D eigenvalue weighted by molar-refractivity contribution is 0.415. The minimum Gasteiger partial charge on any atom is -0.497 e. The molecule has 0 bridgehead atoms. The molecule has 0 unspecified atom stereocenters. The third-order valence-corrected chi connectivity index (χ3v) is 7.20. The van der Waals surface area contributed by atoms with Crippen LogP contribution in [0.1, 0.15) is 5.56 Å².